The number of piperidine rings is 1. The molecule has 1 unspecified atom stereocenters. The first-order chi connectivity index (χ1) is 11.7. The van der Waals surface area contributed by atoms with Crippen molar-refractivity contribution in [2.45, 2.75) is 45.6 Å². The lowest BCUT2D eigenvalue weighted by Crippen LogP contribution is -2.41. The van der Waals surface area contributed by atoms with E-state index < -0.39 is 0 Å². The van der Waals surface area contributed by atoms with E-state index in [1.54, 1.807) is 10.9 Å². The molecule has 1 aromatic rings. The summed E-state index contributed by atoms with van der Waals surface area (Å²) in [5, 5.41) is 7.09. The number of anilines is 1. The van der Waals surface area contributed by atoms with Crippen molar-refractivity contribution in [3.05, 3.63) is 24.5 Å². The minimum absolute atomic E-state index is 0.0228. The lowest BCUT2D eigenvalue weighted by Gasteiger charge is -2.31. The SMILES string of the molecule is CCn1cc(NC(=O)C2CCN(C(=O)CC3C=CCC3)CC2)cn1. The molecule has 1 aromatic heterocycles. The molecule has 0 spiro atoms. The Morgan fingerprint density at radius 2 is 2.08 bits per heavy atom. The van der Waals surface area contributed by atoms with Crippen molar-refractivity contribution in [1.29, 1.82) is 0 Å². The number of aromatic nitrogens is 2. The Morgan fingerprint density at radius 1 is 1.29 bits per heavy atom. The highest BCUT2D eigenvalue weighted by Gasteiger charge is 2.28. The van der Waals surface area contributed by atoms with Crippen LogP contribution >= 0.6 is 0 Å². The van der Waals surface area contributed by atoms with Crippen LogP contribution in [0.2, 0.25) is 0 Å². The highest BCUT2D eigenvalue weighted by atomic mass is 16.2. The molecule has 1 aliphatic heterocycles. The molecule has 0 aromatic carbocycles. The Balaban J connectivity index is 1.44. The van der Waals surface area contributed by atoms with Crippen LogP contribution in [0.3, 0.4) is 0 Å². The maximum atomic E-state index is 12.4. The van der Waals surface area contributed by atoms with Gasteiger partial charge in [-0.1, -0.05) is 12.2 Å². The van der Waals surface area contributed by atoms with Gasteiger partial charge < -0.3 is 10.2 Å². The number of carbonyl (C=O) groups excluding carboxylic acids is 2. The van der Waals surface area contributed by atoms with Crippen LogP contribution in [0.5, 0.6) is 0 Å². The number of carbonyl (C=O) groups is 2. The van der Waals surface area contributed by atoms with Gasteiger partial charge in [0.25, 0.3) is 0 Å². The monoisotopic (exact) mass is 330 g/mol. The Bertz CT molecular complexity index is 614. The zero-order valence-corrected chi connectivity index (χ0v) is 14.3. The topological polar surface area (TPSA) is 67.2 Å². The Morgan fingerprint density at radius 3 is 2.71 bits per heavy atom. The first kappa shape index (κ1) is 16.7. The van der Waals surface area contributed by atoms with E-state index in [1.807, 2.05) is 18.0 Å². The molecular formula is C18H26N4O2. The zero-order valence-electron chi connectivity index (χ0n) is 14.3. The number of allylic oxidation sites excluding steroid dienone is 2. The third-order valence-corrected chi connectivity index (χ3v) is 4.99. The van der Waals surface area contributed by atoms with E-state index >= 15 is 0 Å². The van der Waals surface area contributed by atoms with Gasteiger partial charge in [0.05, 0.1) is 11.9 Å². The molecule has 1 N–H and O–H groups in total. The molecule has 1 saturated heterocycles. The van der Waals surface area contributed by atoms with E-state index in [0.29, 0.717) is 25.4 Å². The highest BCUT2D eigenvalue weighted by Crippen LogP contribution is 2.24. The predicted molar refractivity (Wildman–Crippen MR) is 92.3 cm³/mol. The van der Waals surface area contributed by atoms with Crippen LogP contribution in [-0.4, -0.2) is 39.6 Å². The van der Waals surface area contributed by atoms with Crippen LogP contribution in [0.15, 0.2) is 24.5 Å². The second-order valence-corrected chi connectivity index (χ2v) is 6.70. The fraction of sp³-hybridized carbons (Fsp3) is 0.611. The lowest BCUT2D eigenvalue weighted by molar-refractivity contribution is -0.135. The van der Waals surface area contributed by atoms with Crippen molar-refractivity contribution in [1.82, 2.24) is 14.7 Å². The van der Waals surface area contributed by atoms with Crippen molar-refractivity contribution < 1.29 is 9.59 Å². The summed E-state index contributed by atoms with van der Waals surface area (Å²) in [4.78, 5) is 26.6. The molecule has 2 heterocycles. The van der Waals surface area contributed by atoms with Gasteiger partial charge in [0.15, 0.2) is 0 Å². The van der Waals surface area contributed by atoms with E-state index in [9.17, 15) is 9.59 Å². The maximum Gasteiger partial charge on any atom is 0.227 e. The summed E-state index contributed by atoms with van der Waals surface area (Å²) in [5.74, 6) is 0.658. The molecule has 0 radical (unpaired) electrons. The van der Waals surface area contributed by atoms with Crippen LogP contribution < -0.4 is 5.32 Å². The largest absolute Gasteiger partial charge is 0.343 e. The minimum atomic E-state index is -0.0228. The van der Waals surface area contributed by atoms with E-state index in [0.717, 1.165) is 37.9 Å². The van der Waals surface area contributed by atoms with Gasteiger partial charge in [-0.05, 0) is 38.5 Å². The smallest absolute Gasteiger partial charge is 0.227 e. The van der Waals surface area contributed by atoms with Crippen molar-refractivity contribution in [2.24, 2.45) is 11.8 Å². The summed E-state index contributed by atoms with van der Waals surface area (Å²) in [6.07, 6.45) is 12.1. The quantitative estimate of drug-likeness (QED) is 0.843. The van der Waals surface area contributed by atoms with Crippen LogP contribution in [-0.2, 0) is 16.1 Å². The van der Waals surface area contributed by atoms with Gasteiger partial charge in [-0.15, -0.1) is 0 Å². The summed E-state index contributed by atoms with van der Waals surface area (Å²) in [5.41, 5.74) is 0.744. The number of hydrogen-bond donors (Lipinski definition) is 1. The van der Waals surface area contributed by atoms with E-state index in [4.69, 9.17) is 0 Å². The number of nitrogens with zero attached hydrogens (tertiary/aromatic N) is 3. The van der Waals surface area contributed by atoms with Crippen molar-refractivity contribution in [3.63, 3.8) is 0 Å². The molecule has 2 aliphatic rings. The number of nitrogens with one attached hydrogen (secondary N) is 1. The second-order valence-electron chi connectivity index (χ2n) is 6.70. The Labute approximate surface area is 142 Å². The molecule has 6 nitrogen and oxygen atoms in total. The molecule has 1 fully saturated rings. The van der Waals surface area contributed by atoms with Gasteiger partial charge in [-0.25, -0.2) is 0 Å². The summed E-state index contributed by atoms with van der Waals surface area (Å²) >= 11 is 0. The van der Waals surface area contributed by atoms with Gasteiger partial charge >= 0.3 is 0 Å². The Hall–Kier alpha value is -2.11. The van der Waals surface area contributed by atoms with E-state index in [1.165, 1.54) is 0 Å². The molecule has 0 bridgehead atoms. The molecule has 3 rings (SSSR count). The van der Waals surface area contributed by atoms with Crippen molar-refractivity contribution in [3.8, 4) is 0 Å². The molecular weight excluding hydrogens is 304 g/mol. The standard InChI is InChI=1S/C18H26N4O2/c1-2-22-13-16(12-19-22)20-18(24)15-7-9-21(10-8-15)17(23)11-14-5-3-4-6-14/h3,5,12-15H,2,4,6-11H2,1H3,(H,20,24). The Kier molecular flexibility index (Phi) is 5.33. The zero-order chi connectivity index (χ0) is 16.9. The maximum absolute atomic E-state index is 12.4. The first-order valence-corrected chi connectivity index (χ1v) is 8.93. The second kappa shape index (κ2) is 7.64. The fourth-order valence-electron chi connectivity index (χ4n) is 3.46. The first-order valence-electron chi connectivity index (χ1n) is 8.93. The molecule has 1 aliphatic carbocycles. The van der Waals surface area contributed by atoms with Crippen LogP contribution in [0, 0.1) is 11.8 Å². The molecule has 24 heavy (non-hydrogen) atoms. The highest BCUT2D eigenvalue weighted by molar-refractivity contribution is 5.92. The van der Waals surface area contributed by atoms with Crippen LogP contribution in [0.4, 0.5) is 5.69 Å². The molecule has 1 atom stereocenters. The van der Waals surface area contributed by atoms with Gasteiger partial charge in [-0.2, -0.15) is 5.10 Å². The summed E-state index contributed by atoms with van der Waals surface area (Å²) < 4.78 is 1.79. The summed E-state index contributed by atoms with van der Waals surface area (Å²) in [6.45, 7) is 4.16. The average Bonchev–Trinajstić information content (AvgIpc) is 3.26. The lowest BCUT2D eigenvalue weighted by atomic mass is 9.95. The van der Waals surface area contributed by atoms with Gasteiger partial charge in [0.2, 0.25) is 11.8 Å². The molecule has 2 amide bonds. The van der Waals surface area contributed by atoms with Gasteiger partial charge in [-0.3, -0.25) is 14.3 Å². The van der Waals surface area contributed by atoms with Crippen molar-refractivity contribution in [2.75, 3.05) is 18.4 Å². The number of rotatable bonds is 5. The number of likely N-dealkylation sites (tertiary alicyclic amines) is 1. The van der Waals surface area contributed by atoms with Crippen LogP contribution in [0.25, 0.3) is 0 Å². The van der Waals surface area contributed by atoms with E-state index in [2.05, 4.69) is 22.6 Å². The number of hydrogen-bond acceptors (Lipinski definition) is 3. The normalized spacial score (nSPS) is 21.2. The van der Waals surface area contributed by atoms with Gasteiger partial charge in [0, 0.05) is 38.2 Å². The summed E-state index contributed by atoms with van der Waals surface area (Å²) in [7, 11) is 0. The van der Waals surface area contributed by atoms with Crippen molar-refractivity contribution >= 4 is 17.5 Å². The molecule has 0 saturated carbocycles. The third kappa shape index (κ3) is 4.04. The van der Waals surface area contributed by atoms with E-state index in [-0.39, 0.29) is 17.7 Å². The van der Waals surface area contributed by atoms with Crippen LogP contribution in [0.1, 0.15) is 39.0 Å². The summed E-state index contributed by atoms with van der Waals surface area (Å²) in [6, 6.07) is 0. The molecule has 6 heteroatoms. The number of amides is 2. The predicted octanol–water partition coefficient (Wildman–Crippen LogP) is 2.44. The van der Waals surface area contributed by atoms with Gasteiger partial charge in [0.1, 0.15) is 0 Å². The average molecular weight is 330 g/mol. The number of aryl methyl sites for hydroxylation is 1. The molecule has 130 valence electrons. The minimum Gasteiger partial charge on any atom is -0.343 e. The third-order valence-electron chi connectivity index (χ3n) is 4.99. The fourth-order valence-corrected chi connectivity index (χ4v) is 3.46.